The number of amides is 2. The quantitative estimate of drug-likeness (QED) is 0.874. The minimum atomic E-state index is -0.313. The Labute approximate surface area is 161 Å². The Morgan fingerprint density at radius 1 is 1.30 bits per heavy atom. The third kappa shape index (κ3) is 4.77. The molecule has 148 valence electrons. The van der Waals surface area contributed by atoms with E-state index < -0.39 is 0 Å². The van der Waals surface area contributed by atoms with Crippen LogP contribution in [0.2, 0.25) is 0 Å². The number of anilines is 1. The Bertz CT molecular complexity index is 677. The van der Waals surface area contributed by atoms with E-state index in [4.69, 9.17) is 4.74 Å². The van der Waals surface area contributed by atoms with Gasteiger partial charge in [0.1, 0.15) is 11.9 Å². The van der Waals surface area contributed by atoms with Crippen LogP contribution in [0.15, 0.2) is 18.3 Å². The summed E-state index contributed by atoms with van der Waals surface area (Å²) in [5.74, 6) is 0.747. The van der Waals surface area contributed by atoms with Gasteiger partial charge in [-0.15, -0.1) is 0 Å². The number of nitrogens with one attached hydrogen (secondary N) is 1. The van der Waals surface area contributed by atoms with Gasteiger partial charge in [-0.1, -0.05) is 0 Å². The second-order valence-electron chi connectivity index (χ2n) is 8.45. The number of hydrogen-bond acceptors (Lipinski definition) is 5. The van der Waals surface area contributed by atoms with E-state index in [0.717, 1.165) is 25.1 Å². The van der Waals surface area contributed by atoms with Gasteiger partial charge in [-0.3, -0.25) is 9.59 Å². The zero-order valence-corrected chi connectivity index (χ0v) is 16.7. The molecule has 2 fully saturated rings. The van der Waals surface area contributed by atoms with E-state index in [1.165, 1.54) is 0 Å². The van der Waals surface area contributed by atoms with Gasteiger partial charge in [-0.2, -0.15) is 0 Å². The first kappa shape index (κ1) is 19.6. The Hall–Kier alpha value is -2.15. The first-order chi connectivity index (χ1) is 12.7. The summed E-state index contributed by atoms with van der Waals surface area (Å²) in [6.45, 7) is 8.04. The van der Waals surface area contributed by atoms with E-state index in [9.17, 15) is 9.59 Å². The molecule has 0 aliphatic carbocycles. The third-order valence-corrected chi connectivity index (χ3v) is 5.06. The summed E-state index contributed by atoms with van der Waals surface area (Å²) in [7, 11) is 1.82. The van der Waals surface area contributed by atoms with Crippen LogP contribution < -0.4 is 5.32 Å². The Morgan fingerprint density at radius 3 is 2.67 bits per heavy atom. The van der Waals surface area contributed by atoms with Crippen LogP contribution in [0.3, 0.4) is 0 Å². The first-order valence-corrected chi connectivity index (χ1v) is 9.66. The fourth-order valence-electron chi connectivity index (χ4n) is 3.58. The molecule has 0 bridgehead atoms. The summed E-state index contributed by atoms with van der Waals surface area (Å²) in [5, 5.41) is 3.29. The van der Waals surface area contributed by atoms with Crippen molar-refractivity contribution in [3.8, 4) is 0 Å². The maximum Gasteiger partial charge on any atom is 0.255 e. The molecule has 3 heterocycles. The summed E-state index contributed by atoms with van der Waals surface area (Å²) >= 11 is 0. The molecule has 2 amide bonds. The molecule has 0 radical (unpaired) electrons. The smallest absolute Gasteiger partial charge is 0.255 e. The van der Waals surface area contributed by atoms with Crippen molar-refractivity contribution in [3.05, 3.63) is 23.9 Å². The number of hydrogen-bond donors (Lipinski definition) is 1. The normalized spacial score (nSPS) is 22.7. The molecule has 0 saturated carbocycles. The zero-order chi connectivity index (χ0) is 19.6. The van der Waals surface area contributed by atoms with Crippen molar-refractivity contribution < 1.29 is 14.3 Å². The summed E-state index contributed by atoms with van der Waals surface area (Å²) < 4.78 is 5.50. The fraction of sp³-hybridized carbons (Fsp3) is 0.650. The van der Waals surface area contributed by atoms with E-state index in [2.05, 4.69) is 31.1 Å². The van der Waals surface area contributed by atoms with Crippen molar-refractivity contribution in [2.24, 2.45) is 0 Å². The molecule has 7 nitrogen and oxygen atoms in total. The molecule has 2 saturated heterocycles. The van der Waals surface area contributed by atoms with Gasteiger partial charge in [-0.25, -0.2) is 4.98 Å². The maximum absolute atomic E-state index is 12.8. The maximum atomic E-state index is 12.8. The van der Waals surface area contributed by atoms with Gasteiger partial charge in [0.25, 0.3) is 11.8 Å². The van der Waals surface area contributed by atoms with Gasteiger partial charge in [0.15, 0.2) is 0 Å². The van der Waals surface area contributed by atoms with Crippen molar-refractivity contribution in [1.82, 2.24) is 14.8 Å². The van der Waals surface area contributed by atoms with E-state index in [0.29, 0.717) is 25.3 Å². The molecule has 2 aliphatic heterocycles. The molecule has 1 N–H and O–H groups in total. The van der Waals surface area contributed by atoms with Gasteiger partial charge in [0.05, 0.1) is 11.6 Å². The fourth-order valence-corrected chi connectivity index (χ4v) is 3.58. The lowest BCUT2D eigenvalue weighted by Crippen LogP contribution is -2.44. The van der Waals surface area contributed by atoms with E-state index in [-0.39, 0.29) is 29.5 Å². The predicted molar refractivity (Wildman–Crippen MR) is 104 cm³/mol. The molecule has 7 heteroatoms. The molecule has 2 unspecified atom stereocenters. The van der Waals surface area contributed by atoms with Crippen LogP contribution in [0, 0.1) is 0 Å². The van der Waals surface area contributed by atoms with Crippen molar-refractivity contribution in [3.63, 3.8) is 0 Å². The molecule has 1 aromatic heterocycles. The van der Waals surface area contributed by atoms with E-state index in [1.54, 1.807) is 22.1 Å². The molecule has 1 aromatic rings. The van der Waals surface area contributed by atoms with Crippen molar-refractivity contribution in [1.29, 1.82) is 0 Å². The average Bonchev–Trinajstić information content (AvgIpc) is 3.31. The number of aromatic nitrogens is 1. The highest BCUT2D eigenvalue weighted by Crippen LogP contribution is 2.21. The van der Waals surface area contributed by atoms with Crippen molar-refractivity contribution in [2.45, 2.75) is 57.7 Å². The molecule has 2 aliphatic rings. The number of pyridine rings is 1. The SMILES string of the molecule is CN(C(=O)C1CCCO1)C1CCN(C(=O)c2ccc(NC(C)(C)C)nc2)C1. The summed E-state index contributed by atoms with van der Waals surface area (Å²) in [5.41, 5.74) is 0.490. The van der Waals surface area contributed by atoms with Crippen LogP contribution in [0.4, 0.5) is 5.82 Å². The largest absolute Gasteiger partial charge is 0.368 e. The number of ether oxygens (including phenoxy) is 1. The van der Waals surface area contributed by atoms with Crippen LogP contribution in [0.1, 0.15) is 50.4 Å². The lowest BCUT2D eigenvalue weighted by atomic mass is 10.1. The molecule has 0 aromatic carbocycles. The van der Waals surface area contributed by atoms with E-state index in [1.807, 2.05) is 13.1 Å². The standard InChI is InChI=1S/C20H30N4O3/c1-20(2,3)22-17-8-7-14(12-21-17)18(25)24-10-9-15(13-24)23(4)19(26)16-6-5-11-27-16/h7-8,12,15-16H,5-6,9-11,13H2,1-4H3,(H,21,22). The van der Waals surface area contributed by atoms with Crippen LogP contribution >= 0.6 is 0 Å². The second kappa shape index (κ2) is 7.84. The number of rotatable bonds is 4. The molecule has 2 atom stereocenters. The van der Waals surface area contributed by atoms with Crippen LogP contribution in [0.5, 0.6) is 0 Å². The molecule has 27 heavy (non-hydrogen) atoms. The van der Waals surface area contributed by atoms with E-state index >= 15 is 0 Å². The van der Waals surface area contributed by atoms with Gasteiger partial charge >= 0.3 is 0 Å². The van der Waals surface area contributed by atoms with Crippen molar-refractivity contribution in [2.75, 3.05) is 32.1 Å². The number of nitrogens with zero attached hydrogens (tertiary/aromatic N) is 3. The highest BCUT2D eigenvalue weighted by Gasteiger charge is 2.35. The van der Waals surface area contributed by atoms with Gasteiger partial charge in [-0.05, 0) is 52.2 Å². The lowest BCUT2D eigenvalue weighted by Gasteiger charge is -2.27. The Kier molecular flexibility index (Phi) is 5.69. The number of likely N-dealkylation sites (N-methyl/N-ethyl adjacent to an activating group) is 1. The van der Waals surface area contributed by atoms with Crippen LogP contribution in [-0.2, 0) is 9.53 Å². The van der Waals surface area contributed by atoms with Crippen LogP contribution in [0.25, 0.3) is 0 Å². The Morgan fingerprint density at radius 2 is 2.07 bits per heavy atom. The highest BCUT2D eigenvalue weighted by atomic mass is 16.5. The molecular weight excluding hydrogens is 344 g/mol. The molecular formula is C20H30N4O3. The number of likely N-dealkylation sites (tertiary alicyclic amines) is 1. The average molecular weight is 374 g/mol. The highest BCUT2D eigenvalue weighted by molar-refractivity contribution is 5.94. The summed E-state index contributed by atoms with van der Waals surface area (Å²) in [6.07, 6.45) is 3.82. The van der Waals surface area contributed by atoms with Gasteiger partial charge in [0.2, 0.25) is 0 Å². The van der Waals surface area contributed by atoms with Gasteiger partial charge < -0.3 is 19.9 Å². The lowest BCUT2D eigenvalue weighted by molar-refractivity contribution is -0.141. The van der Waals surface area contributed by atoms with Gasteiger partial charge in [0, 0.05) is 38.5 Å². The molecule has 3 rings (SSSR count). The zero-order valence-electron chi connectivity index (χ0n) is 16.7. The number of carbonyl (C=O) groups is 2. The Balaban J connectivity index is 1.57. The van der Waals surface area contributed by atoms with Crippen LogP contribution in [-0.4, -0.2) is 71.0 Å². The topological polar surface area (TPSA) is 74.8 Å². The second-order valence-corrected chi connectivity index (χ2v) is 8.45. The summed E-state index contributed by atoms with van der Waals surface area (Å²) in [6, 6.07) is 3.68. The minimum Gasteiger partial charge on any atom is -0.368 e. The van der Waals surface area contributed by atoms with Crippen molar-refractivity contribution >= 4 is 17.6 Å². The first-order valence-electron chi connectivity index (χ1n) is 9.66. The summed E-state index contributed by atoms with van der Waals surface area (Å²) in [4.78, 5) is 33.2. The predicted octanol–water partition coefficient (Wildman–Crippen LogP) is 2.14. The number of carbonyl (C=O) groups excluding carboxylic acids is 2. The minimum absolute atomic E-state index is 0.0334. The molecule has 0 spiro atoms. The monoisotopic (exact) mass is 374 g/mol. The third-order valence-electron chi connectivity index (χ3n) is 5.06.